The minimum absolute atomic E-state index is 0.612. The summed E-state index contributed by atoms with van der Waals surface area (Å²) in [6.07, 6.45) is 6.13. The summed E-state index contributed by atoms with van der Waals surface area (Å²) in [6, 6.07) is 0.612. The second kappa shape index (κ2) is 7.14. The second-order valence-corrected chi connectivity index (χ2v) is 6.04. The molecule has 0 radical (unpaired) electrons. The maximum absolute atomic E-state index is 4.32. The van der Waals surface area contributed by atoms with Crippen LogP contribution in [0, 0.1) is 0 Å². The predicted molar refractivity (Wildman–Crippen MR) is 76.1 cm³/mol. The number of hydrogen-bond donors (Lipinski definition) is 1. The van der Waals surface area contributed by atoms with Crippen LogP contribution in [0.1, 0.15) is 45.4 Å². The van der Waals surface area contributed by atoms with Crippen LogP contribution in [0.4, 0.5) is 0 Å². The fourth-order valence-electron chi connectivity index (χ4n) is 2.16. The van der Waals surface area contributed by atoms with E-state index in [1.165, 1.54) is 31.5 Å². The molecule has 1 N–H and O–H groups in total. The Kier molecular flexibility index (Phi) is 5.50. The van der Waals surface area contributed by atoms with Crippen molar-refractivity contribution in [3.8, 4) is 0 Å². The van der Waals surface area contributed by atoms with Crippen molar-refractivity contribution in [1.82, 2.24) is 20.1 Å². The number of hydrogen-bond acceptors (Lipinski definition) is 4. The van der Waals surface area contributed by atoms with E-state index < -0.39 is 0 Å². The Hall–Kier alpha value is -0.550. The van der Waals surface area contributed by atoms with Crippen LogP contribution in [0.3, 0.4) is 0 Å². The number of nitrogens with one attached hydrogen (secondary N) is 1. The fraction of sp³-hybridized carbons (Fsp3) is 0.846. The molecule has 18 heavy (non-hydrogen) atoms. The topological polar surface area (TPSA) is 42.7 Å². The molecule has 0 amide bonds. The summed E-state index contributed by atoms with van der Waals surface area (Å²) >= 11 is 1.83. The quantitative estimate of drug-likeness (QED) is 0.636. The Morgan fingerprint density at radius 2 is 2.22 bits per heavy atom. The van der Waals surface area contributed by atoms with Gasteiger partial charge in [0.2, 0.25) is 0 Å². The van der Waals surface area contributed by atoms with Crippen LogP contribution in [0.5, 0.6) is 0 Å². The minimum Gasteiger partial charge on any atom is -0.313 e. The molecule has 0 aromatic carbocycles. The van der Waals surface area contributed by atoms with Gasteiger partial charge in [0.1, 0.15) is 5.82 Å². The molecule has 4 nitrogen and oxygen atoms in total. The Morgan fingerprint density at radius 1 is 1.33 bits per heavy atom. The first kappa shape index (κ1) is 13.9. The highest BCUT2D eigenvalue weighted by Crippen LogP contribution is 2.21. The normalized spacial score (nSPS) is 17.2. The van der Waals surface area contributed by atoms with Crippen molar-refractivity contribution in [2.24, 2.45) is 0 Å². The van der Waals surface area contributed by atoms with Gasteiger partial charge in [-0.25, -0.2) is 0 Å². The van der Waals surface area contributed by atoms with Gasteiger partial charge in [0.25, 0.3) is 0 Å². The summed E-state index contributed by atoms with van der Waals surface area (Å²) in [4.78, 5) is 0. The molecular formula is C13H24N4S. The van der Waals surface area contributed by atoms with E-state index in [-0.39, 0.29) is 0 Å². The van der Waals surface area contributed by atoms with Gasteiger partial charge in [-0.3, -0.25) is 0 Å². The molecule has 5 heteroatoms. The van der Waals surface area contributed by atoms with Crippen molar-refractivity contribution >= 4 is 11.8 Å². The molecule has 1 aromatic rings. The maximum Gasteiger partial charge on any atom is 0.191 e. The van der Waals surface area contributed by atoms with Crippen LogP contribution in [0.15, 0.2) is 5.16 Å². The zero-order valence-corrected chi connectivity index (χ0v) is 12.3. The van der Waals surface area contributed by atoms with Gasteiger partial charge in [0.05, 0.1) is 0 Å². The van der Waals surface area contributed by atoms with E-state index in [1.807, 2.05) is 11.8 Å². The third kappa shape index (κ3) is 3.72. The van der Waals surface area contributed by atoms with Crippen LogP contribution < -0.4 is 5.32 Å². The first-order chi connectivity index (χ1) is 8.81. The summed E-state index contributed by atoms with van der Waals surface area (Å²) in [6.45, 7) is 6.59. The lowest BCUT2D eigenvalue weighted by atomic mass is 10.2. The molecule has 0 spiro atoms. The van der Waals surface area contributed by atoms with Crippen molar-refractivity contribution in [3.05, 3.63) is 5.82 Å². The Morgan fingerprint density at radius 3 is 3.06 bits per heavy atom. The van der Waals surface area contributed by atoms with Crippen molar-refractivity contribution < 1.29 is 0 Å². The van der Waals surface area contributed by atoms with Gasteiger partial charge < -0.3 is 9.88 Å². The monoisotopic (exact) mass is 268 g/mol. The largest absolute Gasteiger partial charge is 0.313 e. The average Bonchev–Trinajstić information content (AvgIpc) is 2.62. The van der Waals surface area contributed by atoms with Gasteiger partial charge in [-0.05, 0) is 26.2 Å². The molecule has 1 aliphatic heterocycles. The molecule has 0 aliphatic carbocycles. The van der Waals surface area contributed by atoms with E-state index in [9.17, 15) is 0 Å². The molecule has 0 bridgehead atoms. The Balaban J connectivity index is 1.81. The van der Waals surface area contributed by atoms with Gasteiger partial charge in [-0.15, -0.1) is 10.2 Å². The van der Waals surface area contributed by atoms with E-state index in [1.54, 1.807) is 0 Å². The summed E-state index contributed by atoms with van der Waals surface area (Å²) in [5.74, 6) is 2.26. The number of aromatic nitrogens is 3. The molecule has 1 atom stereocenters. The van der Waals surface area contributed by atoms with E-state index in [0.29, 0.717) is 6.04 Å². The van der Waals surface area contributed by atoms with Gasteiger partial charge in [-0.2, -0.15) is 0 Å². The molecule has 1 aliphatic rings. The lowest BCUT2D eigenvalue weighted by Crippen LogP contribution is -2.27. The molecule has 102 valence electrons. The number of rotatable bonds is 6. The molecule has 2 heterocycles. The maximum atomic E-state index is 4.32. The summed E-state index contributed by atoms with van der Waals surface area (Å²) in [5, 5.41) is 13.3. The summed E-state index contributed by atoms with van der Waals surface area (Å²) in [5.41, 5.74) is 0. The highest BCUT2D eigenvalue weighted by molar-refractivity contribution is 7.99. The van der Waals surface area contributed by atoms with Crippen molar-refractivity contribution in [1.29, 1.82) is 0 Å². The lowest BCUT2D eigenvalue weighted by molar-refractivity contribution is 0.554. The zero-order valence-electron chi connectivity index (χ0n) is 11.5. The standard InChI is InChI=1S/C13H24N4S/c1-3-11(2)14-8-10-18-13-16-15-12-7-5-4-6-9-17(12)13/h11,14H,3-10H2,1-2H3. The number of thioether (sulfide) groups is 1. The molecule has 0 fully saturated rings. The fourth-order valence-corrected chi connectivity index (χ4v) is 3.01. The zero-order chi connectivity index (χ0) is 12.8. The predicted octanol–water partition coefficient (Wildman–Crippen LogP) is 2.48. The van der Waals surface area contributed by atoms with Crippen LogP contribution in [-0.4, -0.2) is 33.1 Å². The number of aryl methyl sites for hydroxylation is 1. The molecular weight excluding hydrogens is 244 g/mol. The van der Waals surface area contributed by atoms with Crippen molar-refractivity contribution in [2.45, 2.75) is 63.7 Å². The van der Waals surface area contributed by atoms with Gasteiger partial charge in [0, 0.05) is 31.3 Å². The van der Waals surface area contributed by atoms with Crippen LogP contribution in [0.25, 0.3) is 0 Å². The van der Waals surface area contributed by atoms with E-state index in [0.717, 1.165) is 30.4 Å². The van der Waals surface area contributed by atoms with Crippen LogP contribution in [0.2, 0.25) is 0 Å². The SMILES string of the molecule is CCC(C)NCCSc1nnc2n1CCCCC2. The molecule has 2 rings (SSSR count). The van der Waals surface area contributed by atoms with Crippen molar-refractivity contribution in [2.75, 3.05) is 12.3 Å². The van der Waals surface area contributed by atoms with Gasteiger partial charge in [-0.1, -0.05) is 25.1 Å². The van der Waals surface area contributed by atoms with Gasteiger partial charge in [0.15, 0.2) is 5.16 Å². The first-order valence-corrected chi connectivity index (χ1v) is 8.08. The highest BCUT2D eigenvalue weighted by atomic mass is 32.2. The third-order valence-electron chi connectivity index (χ3n) is 3.51. The van der Waals surface area contributed by atoms with E-state index >= 15 is 0 Å². The van der Waals surface area contributed by atoms with Crippen molar-refractivity contribution in [3.63, 3.8) is 0 Å². The average molecular weight is 268 g/mol. The number of nitrogens with zero attached hydrogens (tertiary/aromatic N) is 3. The first-order valence-electron chi connectivity index (χ1n) is 7.09. The summed E-state index contributed by atoms with van der Waals surface area (Å²) < 4.78 is 2.32. The number of fused-ring (bicyclic) bond motifs is 1. The molecule has 0 saturated heterocycles. The molecule has 0 saturated carbocycles. The van der Waals surface area contributed by atoms with Crippen LogP contribution in [-0.2, 0) is 13.0 Å². The minimum atomic E-state index is 0.612. The smallest absolute Gasteiger partial charge is 0.191 e. The Labute approximate surface area is 114 Å². The van der Waals surface area contributed by atoms with Crippen LogP contribution >= 0.6 is 11.8 Å². The third-order valence-corrected chi connectivity index (χ3v) is 4.48. The van der Waals surface area contributed by atoms with E-state index in [4.69, 9.17) is 0 Å². The summed E-state index contributed by atoms with van der Waals surface area (Å²) in [7, 11) is 0. The molecule has 1 unspecified atom stereocenters. The highest BCUT2D eigenvalue weighted by Gasteiger charge is 2.14. The Bertz CT molecular complexity index is 364. The van der Waals surface area contributed by atoms with Gasteiger partial charge >= 0.3 is 0 Å². The molecule has 1 aromatic heterocycles. The van der Waals surface area contributed by atoms with E-state index in [2.05, 4.69) is 33.9 Å². The lowest BCUT2D eigenvalue weighted by Gasteiger charge is -2.11. The second-order valence-electron chi connectivity index (χ2n) is 4.97.